The van der Waals surface area contributed by atoms with Crippen LogP contribution in [-0.2, 0) is 25.5 Å². The lowest BCUT2D eigenvalue weighted by Crippen LogP contribution is -2.53. The number of hydrogen-bond donors (Lipinski definition) is 2. The van der Waals surface area contributed by atoms with Gasteiger partial charge in [0.05, 0.1) is 0 Å². The molecule has 2 aliphatic rings. The molecular weight excluding hydrogens is 520 g/mol. The van der Waals surface area contributed by atoms with Gasteiger partial charge in [-0.15, -0.1) is 0 Å². The summed E-state index contributed by atoms with van der Waals surface area (Å²) < 4.78 is 5.51. The molecule has 2 N–H and O–H groups in total. The molecule has 0 aromatic heterocycles. The molecule has 2 aromatic carbocycles. The molecule has 2 saturated heterocycles. The lowest BCUT2D eigenvalue weighted by Gasteiger charge is -2.35. The number of rotatable bonds is 7. The second-order valence-electron chi connectivity index (χ2n) is 12.0. The smallest absolute Gasteiger partial charge is 0.410 e. The molecule has 4 rings (SSSR count). The summed E-state index contributed by atoms with van der Waals surface area (Å²) in [7, 11) is 0. The predicted molar refractivity (Wildman–Crippen MR) is 157 cm³/mol. The zero-order chi connectivity index (χ0) is 29.6. The Labute approximate surface area is 242 Å². The Morgan fingerprint density at radius 2 is 1.59 bits per heavy atom. The lowest BCUT2D eigenvalue weighted by atomic mass is 9.94. The van der Waals surface area contributed by atoms with Crippen molar-refractivity contribution in [2.45, 2.75) is 77.5 Å². The SMILES string of the molecule is Cc1ccc(NC(=O)[C@H](Cc2ccccc2)NC(=O)C2CCN(C(=O)[C@H]3CCCN3C(=O)OC(C)(C)C)CC2)cc1. The van der Waals surface area contributed by atoms with Crippen LogP contribution >= 0.6 is 0 Å². The number of nitrogens with one attached hydrogen (secondary N) is 2. The molecule has 220 valence electrons. The number of anilines is 1. The summed E-state index contributed by atoms with van der Waals surface area (Å²) >= 11 is 0. The molecule has 2 aliphatic heterocycles. The molecule has 41 heavy (non-hydrogen) atoms. The van der Waals surface area contributed by atoms with Gasteiger partial charge in [0, 0.05) is 37.7 Å². The summed E-state index contributed by atoms with van der Waals surface area (Å²) in [5, 5.41) is 5.91. The van der Waals surface area contributed by atoms with Gasteiger partial charge in [-0.05, 0) is 71.1 Å². The van der Waals surface area contributed by atoms with E-state index in [0.717, 1.165) is 17.5 Å². The number of aryl methyl sites for hydroxylation is 1. The van der Waals surface area contributed by atoms with Gasteiger partial charge >= 0.3 is 6.09 Å². The van der Waals surface area contributed by atoms with Crippen LogP contribution < -0.4 is 10.6 Å². The zero-order valence-electron chi connectivity index (χ0n) is 24.5. The van der Waals surface area contributed by atoms with Crippen molar-refractivity contribution in [3.05, 3.63) is 65.7 Å². The highest BCUT2D eigenvalue weighted by molar-refractivity contribution is 5.97. The van der Waals surface area contributed by atoms with Crippen LogP contribution in [-0.4, -0.2) is 70.9 Å². The van der Waals surface area contributed by atoms with Gasteiger partial charge < -0.3 is 20.3 Å². The Hall–Kier alpha value is -3.88. The molecule has 0 unspecified atom stereocenters. The Bertz CT molecular complexity index is 1220. The number of likely N-dealkylation sites (tertiary alicyclic amines) is 2. The molecule has 2 aromatic rings. The summed E-state index contributed by atoms with van der Waals surface area (Å²) in [5.74, 6) is -0.864. The van der Waals surface area contributed by atoms with Gasteiger partial charge in [-0.3, -0.25) is 19.3 Å². The molecular formula is C32H42N4O5. The number of benzene rings is 2. The minimum atomic E-state index is -0.744. The van der Waals surface area contributed by atoms with Gasteiger partial charge in [0.15, 0.2) is 0 Å². The Morgan fingerprint density at radius 1 is 0.927 bits per heavy atom. The van der Waals surface area contributed by atoms with Crippen LogP contribution in [0.25, 0.3) is 0 Å². The summed E-state index contributed by atoms with van der Waals surface area (Å²) in [6, 6.07) is 15.9. The van der Waals surface area contributed by atoms with E-state index in [2.05, 4.69) is 10.6 Å². The average Bonchev–Trinajstić information content (AvgIpc) is 3.44. The molecule has 2 fully saturated rings. The standard InChI is InChI=1S/C32H42N4O5/c1-22-12-14-25(15-13-22)33-29(38)26(21-23-9-6-5-7-10-23)34-28(37)24-16-19-35(20-17-24)30(39)27-11-8-18-36(27)31(40)41-32(2,3)4/h5-7,9-10,12-15,24,26-27H,8,11,16-21H2,1-4H3,(H,33,38)(H,34,37)/t26-,27+/m0/s1. The van der Waals surface area contributed by atoms with Crippen molar-refractivity contribution < 1.29 is 23.9 Å². The van der Waals surface area contributed by atoms with E-state index in [4.69, 9.17) is 4.74 Å². The molecule has 2 atom stereocenters. The number of ether oxygens (including phenoxy) is 1. The molecule has 0 spiro atoms. The molecule has 9 heteroatoms. The monoisotopic (exact) mass is 562 g/mol. The highest BCUT2D eigenvalue weighted by Crippen LogP contribution is 2.25. The molecule has 9 nitrogen and oxygen atoms in total. The van der Waals surface area contributed by atoms with Crippen LogP contribution in [0.5, 0.6) is 0 Å². The minimum absolute atomic E-state index is 0.0911. The maximum Gasteiger partial charge on any atom is 0.410 e. The van der Waals surface area contributed by atoms with Gasteiger partial charge in [0.25, 0.3) is 0 Å². The highest BCUT2D eigenvalue weighted by atomic mass is 16.6. The number of hydrogen-bond acceptors (Lipinski definition) is 5. The van der Waals surface area contributed by atoms with E-state index < -0.39 is 23.8 Å². The van der Waals surface area contributed by atoms with E-state index in [1.165, 1.54) is 4.90 Å². The average molecular weight is 563 g/mol. The van der Waals surface area contributed by atoms with E-state index in [-0.39, 0.29) is 23.6 Å². The van der Waals surface area contributed by atoms with Crippen LogP contribution in [0.15, 0.2) is 54.6 Å². The van der Waals surface area contributed by atoms with Crippen LogP contribution in [0.3, 0.4) is 0 Å². The van der Waals surface area contributed by atoms with Crippen LogP contribution in [0, 0.1) is 12.8 Å². The van der Waals surface area contributed by atoms with Crippen molar-refractivity contribution in [2.75, 3.05) is 25.0 Å². The van der Waals surface area contributed by atoms with Crippen molar-refractivity contribution in [1.82, 2.24) is 15.1 Å². The first-order valence-electron chi connectivity index (χ1n) is 14.5. The molecule has 0 radical (unpaired) electrons. The summed E-state index contributed by atoms with van der Waals surface area (Å²) in [4.78, 5) is 55.9. The fraction of sp³-hybridized carbons (Fsp3) is 0.500. The van der Waals surface area contributed by atoms with Crippen LogP contribution in [0.2, 0.25) is 0 Å². The van der Waals surface area contributed by atoms with Crippen molar-refractivity contribution >= 4 is 29.5 Å². The quantitative estimate of drug-likeness (QED) is 0.523. The van der Waals surface area contributed by atoms with Crippen LogP contribution in [0.1, 0.15) is 57.6 Å². The molecule has 0 saturated carbocycles. The predicted octanol–water partition coefficient (Wildman–Crippen LogP) is 4.30. The van der Waals surface area contributed by atoms with E-state index in [0.29, 0.717) is 51.0 Å². The first kappa shape index (κ1) is 30.1. The number of amides is 4. The highest BCUT2D eigenvalue weighted by Gasteiger charge is 2.40. The third-order valence-electron chi connectivity index (χ3n) is 7.58. The van der Waals surface area contributed by atoms with Gasteiger partial charge in [-0.1, -0.05) is 48.0 Å². The fourth-order valence-electron chi connectivity index (χ4n) is 5.35. The number of nitrogens with zero attached hydrogens (tertiary/aromatic N) is 2. The third kappa shape index (κ3) is 8.31. The second-order valence-corrected chi connectivity index (χ2v) is 12.0. The Morgan fingerprint density at radius 3 is 2.22 bits per heavy atom. The van der Waals surface area contributed by atoms with E-state index >= 15 is 0 Å². The third-order valence-corrected chi connectivity index (χ3v) is 7.58. The maximum atomic E-state index is 13.3. The van der Waals surface area contributed by atoms with Gasteiger partial charge in [0.2, 0.25) is 17.7 Å². The van der Waals surface area contributed by atoms with Crippen LogP contribution in [0.4, 0.5) is 10.5 Å². The molecule has 4 amide bonds. The van der Waals surface area contributed by atoms with Crippen molar-refractivity contribution in [3.8, 4) is 0 Å². The Kier molecular flexibility index (Phi) is 9.68. The summed E-state index contributed by atoms with van der Waals surface area (Å²) in [5.41, 5.74) is 2.08. The molecule has 2 heterocycles. The number of carbonyl (C=O) groups excluding carboxylic acids is 4. The normalized spacial score (nSPS) is 18.5. The van der Waals surface area contributed by atoms with Gasteiger partial charge in [0.1, 0.15) is 17.7 Å². The number of piperidine rings is 1. The van der Waals surface area contributed by atoms with Crippen molar-refractivity contribution in [3.63, 3.8) is 0 Å². The summed E-state index contributed by atoms with van der Waals surface area (Å²) in [6.07, 6.45) is 2.25. The van der Waals surface area contributed by atoms with Crippen molar-refractivity contribution in [1.29, 1.82) is 0 Å². The first-order valence-corrected chi connectivity index (χ1v) is 14.5. The zero-order valence-corrected chi connectivity index (χ0v) is 24.5. The van der Waals surface area contributed by atoms with E-state index in [9.17, 15) is 19.2 Å². The lowest BCUT2D eigenvalue weighted by molar-refractivity contribution is -0.139. The van der Waals surface area contributed by atoms with Gasteiger partial charge in [-0.25, -0.2) is 4.79 Å². The molecule has 0 bridgehead atoms. The first-order chi connectivity index (χ1) is 19.5. The maximum absolute atomic E-state index is 13.3. The van der Waals surface area contributed by atoms with Crippen molar-refractivity contribution in [2.24, 2.45) is 5.92 Å². The Balaban J connectivity index is 1.35. The second kappa shape index (κ2) is 13.2. The van der Waals surface area contributed by atoms with E-state index in [1.807, 2.05) is 82.3 Å². The minimum Gasteiger partial charge on any atom is -0.444 e. The van der Waals surface area contributed by atoms with Gasteiger partial charge in [-0.2, -0.15) is 0 Å². The summed E-state index contributed by atoms with van der Waals surface area (Å²) in [6.45, 7) is 8.76. The molecule has 0 aliphatic carbocycles. The van der Waals surface area contributed by atoms with E-state index in [1.54, 1.807) is 4.90 Å². The largest absolute Gasteiger partial charge is 0.444 e. The number of carbonyl (C=O) groups is 4. The fourth-order valence-corrected chi connectivity index (χ4v) is 5.35. The topological polar surface area (TPSA) is 108 Å².